The van der Waals surface area contributed by atoms with Gasteiger partial charge in [0.25, 0.3) is 17.9 Å². The number of H-pyrrole nitrogens is 1. The van der Waals surface area contributed by atoms with Gasteiger partial charge in [0, 0.05) is 17.8 Å². The monoisotopic (exact) mass is 324 g/mol. The van der Waals surface area contributed by atoms with Crippen LogP contribution in [0.25, 0.3) is 11.3 Å². The molecule has 2 rings (SSSR count). The first-order valence-electron chi connectivity index (χ1n) is 6.68. The summed E-state index contributed by atoms with van der Waals surface area (Å²) in [6, 6.07) is 3.22. The van der Waals surface area contributed by atoms with Crippen LogP contribution in [0.15, 0.2) is 29.2 Å². The van der Waals surface area contributed by atoms with Gasteiger partial charge in [-0.1, -0.05) is 0 Å². The Hall–Kier alpha value is -2.68. The third kappa shape index (κ3) is 3.95. The largest absolute Gasteiger partial charge is 0.394 e. The molecule has 0 unspecified atom stereocenters. The fraction of sp³-hybridized carbons (Fsp3) is 0.286. The zero-order valence-electron chi connectivity index (χ0n) is 12.1. The molecule has 1 atom stereocenters. The first-order chi connectivity index (χ1) is 10.9. The van der Waals surface area contributed by atoms with Crippen molar-refractivity contribution >= 4 is 5.91 Å². The molecular weight excluding hydrogens is 310 g/mol. The minimum absolute atomic E-state index is 0.201. The van der Waals surface area contributed by atoms with Crippen molar-refractivity contribution in [1.82, 2.24) is 20.5 Å². The maximum absolute atomic E-state index is 12.5. The summed E-state index contributed by atoms with van der Waals surface area (Å²) in [5.74, 6) is -0.673. The Labute approximate surface area is 129 Å². The SMILES string of the molecule is C[C@@H](CO)NC(=O)c1cc(-c2ccc(C(F)F)nc2)n[nH]c1=O. The minimum Gasteiger partial charge on any atom is -0.394 e. The lowest BCUT2D eigenvalue weighted by Crippen LogP contribution is -2.38. The third-order valence-corrected chi connectivity index (χ3v) is 3.01. The minimum atomic E-state index is -2.69. The van der Waals surface area contributed by atoms with Gasteiger partial charge in [0.2, 0.25) is 0 Å². The molecule has 122 valence electrons. The summed E-state index contributed by atoms with van der Waals surface area (Å²) in [5, 5.41) is 17.3. The van der Waals surface area contributed by atoms with Crippen LogP contribution in [0.5, 0.6) is 0 Å². The van der Waals surface area contributed by atoms with Gasteiger partial charge in [0.05, 0.1) is 12.3 Å². The van der Waals surface area contributed by atoms with E-state index in [2.05, 4.69) is 20.5 Å². The van der Waals surface area contributed by atoms with Crippen LogP contribution in [0, 0.1) is 0 Å². The summed E-state index contributed by atoms with van der Waals surface area (Å²) in [6.07, 6.45) is -1.51. The summed E-state index contributed by atoms with van der Waals surface area (Å²) in [5.41, 5.74) is -0.704. The third-order valence-electron chi connectivity index (χ3n) is 3.01. The summed E-state index contributed by atoms with van der Waals surface area (Å²) in [6.45, 7) is 1.29. The lowest BCUT2D eigenvalue weighted by molar-refractivity contribution is 0.0920. The lowest BCUT2D eigenvalue weighted by Gasteiger charge is -2.10. The molecule has 9 heteroatoms. The number of carbonyl (C=O) groups is 1. The highest BCUT2D eigenvalue weighted by Crippen LogP contribution is 2.20. The number of aliphatic hydroxyl groups is 1. The molecular formula is C14H14F2N4O3. The normalized spacial score (nSPS) is 12.2. The average Bonchev–Trinajstić information content (AvgIpc) is 2.55. The molecule has 0 aliphatic heterocycles. The van der Waals surface area contributed by atoms with Gasteiger partial charge < -0.3 is 10.4 Å². The molecule has 0 aliphatic carbocycles. The van der Waals surface area contributed by atoms with Crippen molar-refractivity contribution in [1.29, 1.82) is 0 Å². The Kier molecular flexibility index (Phi) is 5.12. The van der Waals surface area contributed by atoms with E-state index in [4.69, 9.17) is 5.11 Å². The number of rotatable bonds is 5. The van der Waals surface area contributed by atoms with Crippen LogP contribution in [-0.4, -0.2) is 38.8 Å². The molecule has 0 spiro atoms. The second-order valence-corrected chi connectivity index (χ2v) is 4.83. The number of aromatic nitrogens is 3. The number of nitrogens with one attached hydrogen (secondary N) is 2. The van der Waals surface area contributed by atoms with Gasteiger partial charge in [-0.3, -0.25) is 14.6 Å². The predicted octanol–water partition coefficient (Wildman–Crippen LogP) is 0.880. The fourth-order valence-electron chi connectivity index (χ4n) is 1.76. The number of hydrogen-bond donors (Lipinski definition) is 3. The van der Waals surface area contributed by atoms with E-state index >= 15 is 0 Å². The van der Waals surface area contributed by atoms with Crippen molar-refractivity contribution in [2.24, 2.45) is 0 Å². The average molecular weight is 324 g/mol. The molecule has 2 heterocycles. The molecule has 0 saturated carbocycles. The van der Waals surface area contributed by atoms with E-state index in [1.807, 2.05) is 0 Å². The molecule has 2 aromatic rings. The van der Waals surface area contributed by atoms with Crippen molar-refractivity contribution in [2.75, 3.05) is 6.61 Å². The van der Waals surface area contributed by atoms with E-state index in [-0.39, 0.29) is 23.6 Å². The molecule has 1 amide bonds. The molecule has 3 N–H and O–H groups in total. The number of aromatic amines is 1. The first kappa shape index (κ1) is 16.7. The predicted molar refractivity (Wildman–Crippen MR) is 77.1 cm³/mol. The molecule has 0 bridgehead atoms. The van der Waals surface area contributed by atoms with Crippen LogP contribution in [0.2, 0.25) is 0 Å². The number of amides is 1. The Balaban J connectivity index is 2.33. The zero-order valence-corrected chi connectivity index (χ0v) is 12.1. The van der Waals surface area contributed by atoms with Gasteiger partial charge in [-0.25, -0.2) is 13.9 Å². The second-order valence-electron chi connectivity index (χ2n) is 4.83. The molecule has 2 aromatic heterocycles. The van der Waals surface area contributed by atoms with E-state index in [0.717, 1.165) is 6.07 Å². The van der Waals surface area contributed by atoms with Crippen molar-refractivity contribution in [3.05, 3.63) is 46.0 Å². The maximum atomic E-state index is 12.5. The number of hydrogen-bond acceptors (Lipinski definition) is 5. The smallest absolute Gasteiger partial charge is 0.280 e. The Morgan fingerprint density at radius 2 is 2.17 bits per heavy atom. The summed E-state index contributed by atoms with van der Waals surface area (Å²) >= 11 is 0. The van der Waals surface area contributed by atoms with Crippen LogP contribution in [0.4, 0.5) is 8.78 Å². The van der Waals surface area contributed by atoms with Gasteiger partial charge in [-0.05, 0) is 25.1 Å². The Bertz CT molecular complexity index is 746. The van der Waals surface area contributed by atoms with E-state index in [1.165, 1.54) is 18.3 Å². The topological polar surface area (TPSA) is 108 Å². The van der Waals surface area contributed by atoms with Crippen molar-refractivity contribution in [3.63, 3.8) is 0 Å². The van der Waals surface area contributed by atoms with Crippen molar-refractivity contribution < 1.29 is 18.7 Å². The quantitative estimate of drug-likeness (QED) is 0.757. The van der Waals surface area contributed by atoms with Crippen LogP contribution in [0.3, 0.4) is 0 Å². The van der Waals surface area contributed by atoms with E-state index in [9.17, 15) is 18.4 Å². The number of nitrogens with zero attached hydrogens (tertiary/aromatic N) is 2. The first-order valence-corrected chi connectivity index (χ1v) is 6.68. The van der Waals surface area contributed by atoms with Crippen LogP contribution < -0.4 is 10.9 Å². The van der Waals surface area contributed by atoms with Crippen molar-refractivity contribution in [3.8, 4) is 11.3 Å². The van der Waals surface area contributed by atoms with E-state index in [0.29, 0.717) is 5.56 Å². The molecule has 0 fully saturated rings. The second kappa shape index (κ2) is 7.05. The molecule has 0 radical (unpaired) electrons. The highest BCUT2D eigenvalue weighted by Gasteiger charge is 2.16. The summed E-state index contributed by atoms with van der Waals surface area (Å²) in [4.78, 5) is 27.3. The number of alkyl halides is 2. The number of pyridine rings is 1. The molecule has 0 aliphatic rings. The molecule has 0 saturated heterocycles. The van der Waals surface area contributed by atoms with Gasteiger partial charge in [0.15, 0.2) is 0 Å². The number of carbonyl (C=O) groups excluding carboxylic acids is 1. The van der Waals surface area contributed by atoms with Crippen LogP contribution >= 0.6 is 0 Å². The van der Waals surface area contributed by atoms with Gasteiger partial charge in [-0.15, -0.1) is 0 Å². The maximum Gasteiger partial charge on any atom is 0.280 e. The van der Waals surface area contributed by atoms with Gasteiger partial charge >= 0.3 is 0 Å². The highest BCUT2D eigenvalue weighted by atomic mass is 19.3. The van der Waals surface area contributed by atoms with Gasteiger partial charge in [-0.2, -0.15) is 5.10 Å². The van der Waals surface area contributed by atoms with E-state index < -0.39 is 23.9 Å². The van der Waals surface area contributed by atoms with Crippen molar-refractivity contribution in [2.45, 2.75) is 19.4 Å². The highest BCUT2D eigenvalue weighted by molar-refractivity contribution is 5.94. The zero-order chi connectivity index (χ0) is 17.0. The molecule has 0 aromatic carbocycles. The Morgan fingerprint density at radius 1 is 1.43 bits per heavy atom. The standard InChI is InChI=1S/C14H14F2N4O3/c1-7(6-21)18-13(22)9-4-11(19-20-14(9)23)8-2-3-10(12(15)16)17-5-8/h2-5,7,12,21H,6H2,1H3,(H,18,22)(H,20,23)/t7-/m0/s1. The molecule has 7 nitrogen and oxygen atoms in total. The summed E-state index contributed by atoms with van der Waals surface area (Å²) in [7, 11) is 0. The number of halogens is 2. The molecule has 23 heavy (non-hydrogen) atoms. The van der Waals surface area contributed by atoms with E-state index in [1.54, 1.807) is 6.92 Å². The van der Waals surface area contributed by atoms with Gasteiger partial charge in [0.1, 0.15) is 11.3 Å². The Morgan fingerprint density at radius 3 is 2.74 bits per heavy atom. The van der Waals surface area contributed by atoms with Crippen LogP contribution in [0.1, 0.15) is 29.4 Å². The van der Waals surface area contributed by atoms with Crippen LogP contribution in [-0.2, 0) is 0 Å². The lowest BCUT2D eigenvalue weighted by atomic mass is 10.1. The fourth-order valence-corrected chi connectivity index (χ4v) is 1.76. The summed E-state index contributed by atoms with van der Waals surface area (Å²) < 4.78 is 25.0. The number of aliphatic hydroxyl groups excluding tert-OH is 1.